The molecule has 0 bridgehead atoms. The second kappa shape index (κ2) is 9.91. The number of rotatable bonds is 4. The van der Waals surface area contributed by atoms with Crippen molar-refractivity contribution >= 4 is 45.4 Å². The monoisotopic (exact) mass is 465 g/mol. The summed E-state index contributed by atoms with van der Waals surface area (Å²) in [4.78, 5) is 22.7. The van der Waals surface area contributed by atoms with Gasteiger partial charge in [-0.05, 0) is 29.8 Å². The van der Waals surface area contributed by atoms with Crippen LogP contribution in [-0.2, 0) is 23.2 Å². The van der Waals surface area contributed by atoms with Crippen molar-refractivity contribution in [2.75, 3.05) is 5.32 Å². The Morgan fingerprint density at radius 2 is 1.79 bits per heavy atom. The molecule has 0 aliphatic heterocycles. The van der Waals surface area contributed by atoms with Crippen LogP contribution in [0.5, 0.6) is 0 Å². The summed E-state index contributed by atoms with van der Waals surface area (Å²) in [5.74, 6) is -2.81. The maximum absolute atomic E-state index is 9.10. The highest BCUT2D eigenvalue weighted by Crippen LogP contribution is 2.25. The van der Waals surface area contributed by atoms with Gasteiger partial charge in [0.15, 0.2) is 0 Å². The predicted molar refractivity (Wildman–Crippen MR) is 110 cm³/mol. The number of carboxylic acids is 2. The molecule has 0 aliphatic carbocycles. The van der Waals surface area contributed by atoms with Crippen molar-refractivity contribution in [2.45, 2.75) is 6.54 Å². The summed E-state index contributed by atoms with van der Waals surface area (Å²) < 4.78 is 3.11. The third-order valence-corrected chi connectivity index (χ3v) is 4.40. The zero-order valence-electron chi connectivity index (χ0n) is 14.8. The zero-order valence-corrected chi connectivity index (χ0v) is 17.1. The van der Waals surface area contributed by atoms with Gasteiger partial charge in [0, 0.05) is 28.7 Å². The molecule has 0 fully saturated rings. The van der Waals surface area contributed by atoms with Crippen LogP contribution in [0.2, 0.25) is 5.02 Å². The molecule has 2 aromatic carbocycles. The Morgan fingerprint density at radius 3 is 2.36 bits per heavy atom. The molecule has 0 saturated carbocycles. The Balaban J connectivity index is 0.000000409. The number of aliphatic carboxylic acids is 2. The average molecular weight is 467 g/mol. The molecule has 0 amide bonds. The molecule has 7 nitrogen and oxygen atoms in total. The number of nitrogens with zero attached hydrogens (tertiary/aromatic N) is 2. The van der Waals surface area contributed by atoms with Crippen molar-refractivity contribution in [2.24, 2.45) is 7.05 Å². The number of hydrogen-bond acceptors (Lipinski definition) is 4. The smallest absolute Gasteiger partial charge is 0.414 e. The van der Waals surface area contributed by atoms with Crippen molar-refractivity contribution < 1.29 is 19.8 Å². The van der Waals surface area contributed by atoms with Gasteiger partial charge in [0.25, 0.3) is 0 Å². The van der Waals surface area contributed by atoms with Crippen LogP contribution in [0.25, 0.3) is 11.3 Å². The fourth-order valence-electron chi connectivity index (χ4n) is 2.27. The van der Waals surface area contributed by atoms with Crippen molar-refractivity contribution in [1.82, 2.24) is 9.55 Å². The molecule has 0 unspecified atom stereocenters. The van der Waals surface area contributed by atoms with E-state index in [1.165, 1.54) is 0 Å². The van der Waals surface area contributed by atoms with Crippen molar-refractivity contribution in [3.8, 4) is 11.3 Å². The molecule has 28 heavy (non-hydrogen) atoms. The van der Waals surface area contributed by atoms with Gasteiger partial charge >= 0.3 is 11.9 Å². The number of benzene rings is 2. The highest BCUT2D eigenvalue weighted by atomic mass is 79.9. The lowest BCUT2D eigenvalue weighted by atomic mass is 10.2. The van der Waals surface area contributed by atoms with Gasteiger partial charge in [0.1, 0.15) is 0 Å². The van der Waals surface area contributed by atoms with Crippen LogP contribution in [0.3, 0.4) is 0 Å². The Labute approximate surface area is 174 Å². The van der Waals surface area contributed by atoms with Gasteiger partial charge in [-0.15, -0.1) is 0 Å². The number of nitrogens with one attached hydrogen (secondary N) is 1. The Hall–Kier alpha value is -2.84. The van der Waals surface area contributed by atoms with Gasteiger partial charge in [-0.2, -0.15) is 0 Å². The van der Waals surface area contributed by atoms with E-state index in [2.05, 4.69) is 42.9 Å². The maximum atomic E-state index is 9.10. The third-order valence-electron chi connectivity index (χ3n) is 3.66. The van der Waals surface area contributed by atoms with E-state index in [1.807, 2.05) is 49.6 Å². The first-order valence-corrected chi connectivity index (χ1v) is 9.17. The Kier molecular flexibility index (Phi) is 7.60. The third kappa shape index (κ3) is 6.11. The molecule has 0 spiro atoms. The number of halogens is 2. The summed E-state index contributed by atoms with van der Waals surface area (Å²) in [5, 5.41) is 18.9. The van der Waals surface area contributed by atoms with Crippen LogP contribution >= 0.6 is 27.5 Å². The van der Waals surface area contributed by atoms with Gasteiger partial charge < -0.3 is 20.1 Å². The first-order valence-electron chi connectivity index (χ1n) is 8.00. The van der Waals surface area contributed by atoms with Gasteiger partial charge in [0.05, 0.1) is 11.9 Å². The summed E-state index contributed by atoms with van der Waals surface area (Å²) in [5.41, 5.74) is 3.36. The standard InChI is InChI=1S/C17H15BrClN3.C2H2O4/c1-22-16(13-3-2-4-14(18)9-13)11-21-17(22)20-10-12-5-7-15(19)8-6-12;3-1(4)2(5)6/h2-9,11H,10H2,1H3,(H,20,21);(H,3,4)(H,5,6). The quantitative estimate of drug-likeness (QED) is 0.496. The minimum absolute atomic E-state index is 0.708. The minimum Gasteiger partial charge on any atom is -0.473 e. The number of carbonyl (C=O) groups is 2. The summed E-state index contributed by atoms with van der Waals surface area (Å²) in [6.07, 6.45) is 1.88. The second-order valence-electron chi connectivity index (χ2n) is 5.63. The molecular formula is C19H17BrClN3O4. The minimum atomic E-state index is -1.82. The lowest BCUT2D eigenvalue weighted by molar-refractivity contribution is -0.159. The van der Waals surface area contributed by atoms with E-state index in [-0.39, 0.29) is 0 Å². The number of imidazole rings is 1. The molecule has 0 saturated heterocycles. The van der Waals surface area contributed by atoms with Crippen LogP contribution in [0.1, 0.15) is 5.56 Å². The molecule has 0 radical (unpaired) electrons. The summed E-state index contributed by atoms with van der Waals surface area (Å²) in [6.45, 7) is 0.708. The normalized spacial score (nSPS) is 9.96. The molecule has 146 valence electrons. The Bertz CT molecular complexity index is 962. The van der Waals surface area contributed by atoms with Gasteiger partial charge in [-0.25, -0.2) is 14.6 Å². The highest BCUT2D eigenvalue weighted by Gasteiger charge is 2.08. The number of aromatic nitrogens is 2. The molecule has 1 aromatic heterocycles. The van der Waals surface area contributed by atoms with Crippen LogP contribution in [-0.4, -0.2) is 31.7 Å². The van der Waals surface area contributed by atoms with Crippen LogP contribution in [0, 0.1) is 0 Å². The summed E-state index contributed by atoms with van der Waals surface area (Å²) >= 11 is 9.40. The molecule has 0 atom stereocenters. The van der Waals surface area contributed by atoms with E-state index in [4.69, 9.17) is 31.4 Å². The number of hydrogen-bond donors (Lipinski definition) is 3. The van der Waals surface area contributed by atoms with Crippen molar-refractivity contribution in [3.05, 3.63) is 69.8 Å². The highest BCUT2D eigenvalue weighted by molar-refractivity contribution is 9.10. The van der Waals surface area contributed by atoms with Crippen LogP contribution in [0.4, 0.5) is 5.95 Å². The van der Waals surface area contributed by atoms with E-state index in [1.54, 1.807) is 0 Å². The van der Waals surface area contributed by atoms with Crippen molar-refractivity contribution in [1.29, 1.82) is 0 Å². The SMILES string of the molecule is Cn1c(-c2cccc(Br)c2)cnc1NCc1ccc(Cl)cc1.O=C(O)C(=O)O. The predicted octanol–water partition coefficient (Wildman–Crippen LogP) is 4.27. The van der Waals surface area contributed by atoms with Gasteiger partial charge in [-0.1, -0.05) is 51.8 Å². The van der Waals surface area contributed by atoms with Gasteiger partial charge in [0.2, 0.25) is 5.95 Å². The van der Waals surface area contributed by atoms with Crippen molar-refractivity contribution in [3.63, 3.8) is 0 Å². The first kappa shape index (κ1) is 21.5. The molecule has 1 heterocycles. The topological polar surface area (TPSA) is 104 Å². The molecular weight excluding hydrogens is 450 g/mol. The van der Waals surface area contributed by atoms with E-state index < -0.39 is 11.9 Å². The van der Waals surface area contributed by atoms with Crippen LogP contribution < -0.4 is 5.32 Å². The molecule has 9 heteroatoms. The fraction of sp³-hybridized carbons (Fsp3) is 0.105. The Morgan fingerprint density at radius 1 is 1.14 bits per heavy atom. The summed E-state index contributed by atoms with van der Waals surface area (Å²) in [7, 11) is 2.01. The molecule has 3 N–H and O–H groups in total. The number of anilines is 1. The lowest BCUT2D eigenvalue weighted by Crippen LogP contribution is -2.09. The largest absolute Gasteiger partial charge is 0.473 e. The molecule has 0 aliphatic rings. The fourth-order valence-corrected chi connectivity index (χ4v) is 2.80. The number of carboxylic acid groups (broad SMARTS) is 2. The van der Waals surface area contributed by atoms with E-state index in [9.17, 15) is 0 Å². The van der Waals surface area contributed by atoms with Gasteiger partial charge in [-0.3, -0.25) is 0 Å². The first-order chi connectivity index (χ1) is 13.3. The summed E-state index contributed by atoms with van der Waals surface area (Å²) in [6, 6.07) is 16.0. The molecule has 3 rings (SSSR count). The average Bonchev–Trinajstić information content (AvgIpc) is 3.02. The second-order valence-corrected chi connectivity index (χ2v) is 6.98. The van der Waals surface area contributed by atoms with Crippen LogP contribution in [0.15, 0.2) is 59.2 Å². The zero-order chi connectivity index (χ0) is 20.7. The molecule has 3 aromatic rings. The maximum Gasteiger partial charge on any atom is 0.414 e. The lowest BCUT2D eigenvalue weighted by Gasteiger charge is -2.09. The van der Waals surface area contributed by atoms with E-state index >= 15 is 0 Å². The van der Waals surface area contributed by atoms with E-state index in [0.717, 1.165) is 32.3 Å². The van der Waals surface area contributed by atoms with E-state index in [0.29, 0.717) is 6.54 Å².